The molecule has 2 nitrogen and oxygen atoms in total. The third-order valence-electron chi connectivity index (χ3n) is 2.85. The minimum absolute atomic E-state index is 0.535. The Morgan fingerprint density at radius 1 is 1.22 bits per heavy atom. The first-order chi connectivity index (χ1) is 8.78. The molecule has 0 aliphatic heterocycles. The molecule has 0 radical (unpaired) electrons. The van der Waals surface area contributed by atoms with E-state index in [1.165, 1.54) is 0 Å². The van der Waals surface area contributed by atoms with E-state index in [0.717, 1.165) is 26.9 Å². The Balaban J connectivity index is 2.24. The van der Waals surface area contributed by atoms with Crippen LogP contribution in [0, 0.1) is 0 Å². The van der Waals surface area contributed by atoms with E-state index in [2.05, 4.69) is 17.1 Å². The minimum Gasteiger partial charge on any atom is -0.326 e. The van der Waals surface area contributed by atoms with Crippen molar-refractivity contribution in [2.45, 2.75) is 6.54 Å². The Labute approximate surface area is 114 Å². The second-order valence-corrected chi connectivity index (χ2v) is 5.34. The van der Waals surface area contributed by atoms with Gasteiger partial charge in [0.2, 0.25) is 0 Å². The number of benzene rings is 1. The highest BCUT2D eigenvalue weighted by atomic mass is 35.5. The van der Waals surface area contributed by atoms with E-state index in [4.69, 9.17) is 17.3 Å². The third-order valence-corrected chi connectivity index (χ3v) is 4.05. The van der Waals surface area contributed by atoms with Gasteiger partial charge in [0.05, 0.1) is 5.52 Å². The molecule has 0 aliphatic carbocycles. The van der Waals surface area contributed by atoms with Crippen LogP contribution < -0.4 is 5.73 Å². The van der Waals surface area contributed by atoms with E-state index >= 15 is 0 Å². The summed E-state index contributed by atoms with van der Waals surface area (Å²) in [7, 11) is 0. The highest BCUT2D eigenvalue weighted by Crippen LogP contribution is 2.32. The van der Waals surface area contributed by atoms with Crippen LogP contribution in [0.2, 0.25) is 5.15 Å². The molecule has 0 aliphatic rings. The molecule has 2 N–H and O–H groups in total. The first-order valence-electron chi connectivity index (χ1n) is 5.61. The lowest BCUT2D eigenvalue weighted by atomic mass is 10.1. The number of thiophene rings is 1. The number of nitrogens with zero attached hydrogens (tertiary/aromatic N) is 1. The van der Waals surface area contributed by atoms with Crippen LogP contribution >= 0.6 is 22.9 Å². The normalized spacial score (nSPS) is 11.0. The number of rotatable bonds is 2. The lowest BCUT2D eigenvalue weighted by Gasteiger charge is -2.05. The Morgan fingerprint density at radius 2 is 2.11 bits per heavy atom. The number of halogens is 1. The van der Waals surface area contributed by atoms with Crippen LogP contribution in [0.3, 0.4) is 0 Å². The van der Waals surface area contributed by atoms with E-state index in [1.807, 2.05) is 29.6 Å². The second-order valence-electron chi connectivity index (χ2n) is 4.04. The molecule has 0 saturated carbocycles. The smallest absolute Gasteiger partial charge is 0.138 e. The quantitative estimate of drug-likeness (QED) is 0.715. The van der Waals surface area contributed by atoms with Gasteiger partial charge in [0, 0.05) is 22.4 Å². The number of pyridine rings is 1. The van der Waals surface area contributed by atoms with Gasteiger partial charge in [-0.1, -0.05) is 23.7 Å². The summed E-state index contributed by atoms with van der Waals surface area (Å²) in [4.78, 5) is 5.57. The summed E-state index contributed by atoms with van der Waals surface area (Å²) < 4.78 is 0. The molecule has 0 spiro atoms. The highest BCUT2D eigenvalue weighted by Gasteiger charge is 2.08. The molecule has 0 atom stereocenters. The van der Waals surface area contributed by atoms with E-state index in [-0.39, 0.29) is 0 Å². The van der Waals surface area contributed by atoms with Crippen LogP contribution in [-0.2, 0) is 6.54 Å². The second kappa shape index (κ2) is 4.69. The maximum Gasteiger partial charge on any atom is 0.138 e. The molecule has 0 bridgehead atoms. The number of nitrogens with two attached hydrogens (primary N) is 1. The van der Waals surface area contributed by atoms with Crippen molar-refractivity contribution in [3.63, 3.8) is 0 Å². The molecule has 2 heterocycles. The summed E-state index contributed by atoms with van der Waals surface area (Å²) in [5.74, 6) is 0. The van der Waals surface area contributed by atoms with E-state index in [0.29, 0.717) is 11.7 Å². The van der Waals surface area contributed by atoms with Gasteiger partial charge < -0.3 is 5.73 Å². The average molecular weight is 275 g/mol. The minimum atomic E-state index is 0.535. The summed E-state index contributed by atoms with van der Waals surface area (Å²) in [6, 6.07) is 12.1. The third kappa shape index (κ3) is 2.01. The molecule has 18 heavy (non-hydrogen) atoms. The summed E-state index contributed by atoms with van der Waals surface area (Å²) in [5, 5.41) is 3.66. The van der Waals surface area contributed by atoms with E-state index < -0.39 is 0 Å². The van der Waals surface area contributed by atoms with Crippen molar-refractivity contribution in [1.82, 2.24) is 4.98 Å². The van der Waals surface area contributed by atoms with Crippen LogP contribution in [-0.4, -0.2) is 4.98 Å². The first-order valence-corrected chi connectivity index (χ1v) is 6.87. The van der Waals surface area contributed by atoms with E-state index in [1.54, 1.807) is 11.3 Å². The molecule has 90 valence electrons. The number of hydrogen-bond donors (Lipinski definition) is 1. The lowest BCUT2D eigenvalue weighted by Crippen LogP contribution is -1.96. The van der Waals surface area contributed by atoms with Crippen molar-refractivity contribution in [3.8, 4) is 10.4 Å². The molecule has 3 rings (SSSR count). The van der Waals surface area contributed by atoms with Gasteiger partial charge >= 0.3 is 0 Å². The van der Waals surface area contributed by atoms with Crippen molar-refractivity contribution in [2.75, 3.05) is 0 Å². The molecular weight excluding hydrogens is 264 g/mol. The topological polar surface area (TPSA) is 38.9 Å². The average Bonchev–Trinajstić information content (AvgIpc) is 2.91. The molecular formula is C14H11ClN2S. The molecule has 0 fully saturated rings. The Morgan fingerprint density at radius 3 is 2.83 bits per heavy atom. The largest absolute Gasteiger partial charge is 0.326 e. The Bertz CT molecular complexity index is 692. The predicted molar refractivity (Wildman–Crippen MR) is 78.0 cm³/mol. The number of aromatic nitrogens is 1. The fourth-order valence-corrected chi connectivity index (χ4v) is 2.98. The standard InChI is InChI=1S/C14H11ClN2S/c15-14-11(13-2-1-5-18-13)7-10-6-9(8-16)3-4-12(10)17-14/h1-7H,8,16H2. The van der Waals surface area contributed by atoms with Crippen LogP contribution in [0.5, 0.6) is 0 Å². The molecule has 4 heteroatoms. The van der Waals surface area contributed by atoms with Gasteiger partial charge in [-0.2, -0.15) is 0 Å². The molecule has 3 aromatic rings. The fourth-order valence-electron chi connectivity index (χ4n) is 1.93. The van der Waals surface area contributed by atoms with Gasteiger partial charge in [-0.15, -0.1) is 11.3 Å². The van der Waals surface area contributed by atoms with Gasteiger partial charge in [0.25, 0.3) is 0 Å². The van der Waals surface area contributed by atoms with Gasteiger partial charge in [-0.05, 0) is 35.2 Å². The Kier molecular flexibility index (Phi) is 3.04. The van der Waals surface area contributed by atoms with Gasteiger partial charge in [0.15, 0.2) is 0 Å². The van der Waals surface area contributed by atoms with E-state index in [9.17, 15) is 0 Å². The van der Waals surface area contributed by atoms with Crippen molar-refractivity contribution < 1.29 is 0 Å². The summed E-state index contributed by atoms with van der Waals surface area (Å²) >= 11 is 7.90. The number of fused-ring (bicyclic) bond motifs is 1. The molecule has 0 amide bonds. The first kappa shape index (κ1) is 11.7. The maximum absolute atomic E-state index is 6.24. The monoisotopic (exact) mass is 274 g/mol. The van der Waals surface area contributed by atoms with Crippen molar-refractivity contribution in [3.05, 3.63) is 52.5 Å². The summed E-state index contributed by atoms with van der Waals surface area (Å²) in [6.07, 6.45) is 0. The number of hydrogen-bond acceptors (Lipinski definition) is 3. The van der Waals surface area contributed by atoms with Crippen LogP contribution in [0.15, 0.2) is 41.8 Å². The fraction of sp³-hybridized carbons (Fsp3) is 0.0714. The highest BCUT2D eigenvalue weighted by molar-refractivity contribution is 7.13. The van der Waals surface area contributed by atoms with Crippen molar-refractivity contribution >= 4 is 33.8 Å². The van der Waals surface area contributed by atoms with Crippen LogP contribution in [0.25, 0.3) is 21.3 Å². The molecule has 1 aromatic carbocycles. The van der Waals surface area contributed by atoms with Crippen LogP contribution in [0.4, 0.5) is 0 Å². The SMILES string of the molecule is NCc1ccc2nc(Cl)c(-c3cccs3)cc2c1. The molecule has 0 saturated heterocycles. The lowest BCUT2D eigenvalue weighted by molar-refractivity contribution is 1.07. The summed E-state index contributed by atoms with van der Waals surface area (Å²) in [5.41, 5.74) is 8.64. The van der Waals surface area contributed by atoms with Gasteiger partial charge in [-0.3, -0.25) is 0 Å². The predicted octanol–water partition coefficient (Wildman–Crippen LogP) is 4.08. The Hall–Kier alpha value is -1.42. The summed E-state index contributed by atoms with van der Waals surface area (Å²) in [6.45, 7) is 0.535. The van der Waals surface area contributed by atoms with Crippen molar-refractivity contribution in [2.24, 2.45) is 5.73 Å². The zero-order valence-electron chi connectivity index (χ0n) is 9.56. The zero-order chi connectivity index (χ0) is 12.5. The molecule has 0 unspecified atom stereocenters. The maximum atomic E-state index is 6.24. The van der Waals surface area contributed by atoms with Gasteiger partial charge in [0.1, 0.15) is 5.15 Å². The van der Waals surface area contributed by atoms with Crippen LogP contribution in [0.1, 0.15) is 5.56 Å². The zero-order valence-corrected chi connectivity index (χ0v) is 11.1. The van der Waals surface area contributed by atoms with Crippen molar-refractivity contribution in [1.29, 1.82) is 0 Å². The van der Waals surface area contributed by atoms with Gasteiger partial charge in [-0.25, -0.2) is 4.98 Å². The molecule has 2 aromatic heterocycles.